The number of fused-ring (bicyclic) bond motifs is 2. The third-order valence-corrected chi connectivity index (χ3v) is 14.2. The average molecular weight is 944 g/mol. The van der Waals surface area contributed by atoms with Gasteiger partial charge in [0.05, 0.1) is 40.0 Å². The van der Waals surface area contributed by atoms with Crippen molar-refractivity contribution in [3.63, 3.8) is 0 Å². The van der Waals surface area contributed by atoms with Crippen molar-refractivity contribution in [2.45, 2.75) is 45.1 Å². The van der Waals surface area contributed by atoms with Crippen LogP contribution < -0.4 is 31.5 Å². The summed E-state index contributed by atoms with van der Waals surface area (Å²) in [6, 6.07) is 12.1. The molecule has 6 heterocycles. The summed E-state index contributed by atoms with van der Waals surface area (Å²) in [5.74, 6) is -1.38. The molecule has 9 rings (SSSR count). The first kappa shape index (κ1) is 45.4. The van der Waals surface area contributed by atoms with Gasteiger partial charge in [-0.1, -0.05) is 24.1 Å². The van der Waals surface area contributed by atoms with Crippen molar-refractivity contribution in [3.05, 3.63) is 95.2 Å². The van der Waals surface area contributed by atoms with Crippen LogP contribution in [0.5, 0.6) is 0 Å². The molecule has 0 bridgehead atoms. The fourth-order valence-electron chi connectivity index (χ4n) is 9.05. The van der Waals surface area contributed by atoms with Crippen molar-refractivity contribution >= 4 is 93.2 Å². The number of rotatable bonds is 15. The normalized spacial score (nSPS) is 16.7. The highest BCUT2D eigenvalue weighted by molar-refractivity contribution is 7.71. The standard InChI is InChI=1S/C47H51ClN13O5P/c1-28-23-38(60-21-19-59(20-22-60)18-7-5-6-15-49-33-10-8-9-30-40(33)46(65)61(45(30)64)37-13-14-39(62)56-44(37)63)31(29-25-53-58(2)27-29)24-36(28)55-47-52-26-32(48)43(57-47)54-35-12-11-34-41(51-17-16-50-34)42(35)67(3,4)66/h8-12,16-17,23-27,37,49H,5-7,13-15,18-22H2,1-4H3,(H,56,62,63)(H2,52,54,55,57). The van der Waals surface area contributed by atoms with Crippen molar-refractivity contribution in [3.8, 4) is 11.1 Å². The first-order valence-electron chi connectivity index (χ1n) is 22.3. The molecule has 0 radical (unpaired) electrons. The smallest absolute Gasteiger partial charge is 0.264 e. The summed E-state index contributed by atoms with van der Waals surface area (Å²) >= 11 is 6.64. The maximum Gasteiger partial charge on any atom is 0.264 e. The number of imide groups is 2. The number of aryl methyl sites for hydroxylation is 2. The lowest BCUT2D eigenvalue weighted by Crippen LogP contribution is -2.54. The van der Waals surface area contributed by atoms with Gasteiger partial charge in [-0.05, 0) is 88.0 Å². The van der Waals surface area contributed by atoms with E-state index >= 15 is 0 Å². The quantitative estimate of drug-likeness (QED) is 0.0504. The summed E-state index contributed by atoms with van der Waals surface area (Å²) in [4.78, 5) is 74.9. The predicted molar refractivity (Wildman–Crippen MR) is 260 cm³/mol. The van der Waals surface area contributed by atoms with E-state index in [4.69, 9.17) is 16.6 Å². The third-order valence-electron chi connectivity index (χ3n) is 12.4. The second kappa shape index (κ2) is 18.9. The zero-order valence-electron chi connectivity index (χ0n) is 37.7. The zero-order chi connectivity index (χ0) is 47.0. The molecule has 3 aromatic carbocycles. The molecule has 3 aromatic heterocycles. The number of nitrogens with zero attached hydrogens (tertiary/aromatic N) is 9. The molecule has 18 nitrogen and oxygen atoms in total. The maximum absolute atomic E-state index is 13.6. The monoisotopic (exact) mass is 943 g/mol. The molecular formula is C47H51ClN13O5P. The Balaban J connectivity index is 0.813. The first-order valence-corrected chi connectivity index (χ1v) is 25.3. The Morgan fingerprint density at radius 3 is 2.43 bits per heavy atom. The molecule has 1 atom stereocenters. The highest BCUT2D eigenvalue weighted by Gasteiger charge is 2.45. The Morgan fingerprint density at radius 2 is 1.67 bits per heavy atom. The average Bonchev–Trinajstić information content (AvgIpc) is 3.85. The van der Waals surface area contributed by atoms with Gasteiger partial charge in [0, 0.05) is 93.0 Å². The predicted octanol–water partition coefficient (Wildman–Crippen LogP) is 6.32. The molecule has 0 saturated carbocycles. The lowest BCUT2D eigenvalue weighted by Gasteiger charge is -2.37. The minimum atomic E-state index is -2.82. The van der Waals surface area contributed by atoms with Crippen molar-refractivity contribution < 1.29 is 23.7 Å². The molecule has 346 valence electrons. The summed E-state index contributed by atoms with van der Waals surface area (Å²) < 4.78 is 15.3. The molecule has 20 heteroatoms. The number of halogens is 1. The number of anilines is 6. The van der Waals surface area contributed by atoms with E-state index < -0.39 is 36.8 Å². The molecule has 4 amide bonds. The van der Waals surface area contributed by atoms with Crippen LogP contribution in [0.15, 0.2) is 73.4 Å². The molecule has 2 fully saturated rings. The number of piperazine rings is 1. The second-order valence-corrected chi connectivity index (χ2v) is 21.0. The molecule has 67 heavy (non-hydrogen) atoms. The maximum atomic E-state index is 13.6. The number of carbonyl (C=O) groups excluding carboxylic acids is 4. The fraction of sp³-hybridized carbons (Fsp3) is 0.340. The van der Waals surface area contributed by atoms with Crippen LogP contribution in [0.25, 0.3) is 22.2 Å². The van der Waals surface area contributed by atoms with Crippen molar-refractivity contribution in [2.75, 3.05) is 73.4 Å². The van der Waals surface area contributed by atoms with Gasteiger partial charge < -0.3 is 25.4 Å². The summed E-state index contributed by atoms with van der Waals surface area (Å²) in [7, 11) is -0.919. The number of carbonyl (C=O) groups is 4. The van der Waals surface area contributed by atoms with E-state index in [2.05, 4.69) is 70.2 Å². The largest absolute Gasteiger partial charge is 0.384 e. The number of nitrogens with one attached hydrogen (secondary N) is 4. The van der Waals surface area contributed by atoms with Crippen LogP contribution in [0.3, 0.4) is 0 Å². The Bertz CT molecular complexity index is 2990. The minimum Gasteiger partial charge on any atom is -0.384 e. The number of amides is 4. The van der Waals surface area contributed by atoms with Gasteiger partial charge in [0.2, 0.25) is 17.8 Å². The number of hydrogen-bond acceptors (Lipinski definition) is 15. The van der Waals surface area contributed by atoms with Crippen LogP contribution in [-0.4, -0.2) is 122 Å². The van der Waals surface area contributed by atoms with E-state index in [-0.39, 0.29) is 24.0 Å². The number of hydrogen-bond donors (Lipinski definition) is 4. The van der Waals surface area contributed by atoms with Crippen LogP contribution in [0.2, 0.25) is 5.02 Å². The summed E-state index contributed by atoms with van der Waals surface area (Å²) in [6.45, 7) is 10.6. The number of aromatic nitrogens is 6. The lowest BCUT2D eigenvalue weighted by atomic mass is 10.0. The first-order chi connectivity index (χ1) is 32.2. The van der Waals surface area contributed by atoms with E-state index in [9.17, 15) is 23.7 Å². The van der Waals surface area contributed by atoms with Crippen LogP contribution >= 0.6 is 18.7 Å². The molecule has 6 aromatic rings. The SMILES string of the molecule is Cc1cc(N2CCN(CCCCCNc3cccc4c3C(=O)N(C3CCC(=O)NC3=O)C4=O)CC2)c(-c2cnn(C)c2)cc1Nc1ncc(Cl)c(Nc2ccc3nccnc3c2P(C)(C)=O)n1. The Hall–Kier alpha value is -6.75. The zero-order valence-corrected chi connectivity index (χ0v) is 39.3. The third kappa shape index (κ3) is 9.46. The number of benzene rings is 3. The van der Waals surface area contributed by atoms with E-state index in [1.54, 1.807) is 48.6 Å². The van der Waals surface area contributed by atoms with Gasteiger partial charge in [0.15, 0.2) is 5.82 Å². The Morgan fingerprint density at radius 1 is 0.866 bits per heavy atom. The molecular weight excluding hydrogens is 893 g/mol. The van der Waals surface area contributed by atoms with Gasteiger partial charge in [0.25, 0.3) is 11.8 Å². The molecule has 2 saturated heterocycles. The van der Waals surface area contributed by atoms with E-state index in [0.29, 0.717) is 51.0 Å². The molecule has 4 N–H and O–H groups in total. The van der Waals surface area contributed by atoms with Crippen molar-refractivity contribution in [2.24, 2.45) is 7.05 Å². The van der Waals surface area contributed by atoms with Gasteiger partial charge in [-0.15, -0.1) is 0 Å². The summed E-state index contributed by atoms with van der Waals surface area (Å²) in [5.41, 5.74) is 7.84. The van der Waals surface area contributed by atoms with Crippen LogP contribution in [0.1, 0.15) is 58.4 Å². The van der Waals surface area contributed by atoms with Gasteiger partial charge in [-0.25, -0.2) is 4.98 Å². The highest BCUT2D eigenvalue weighted by atomic mass is 35.5. The van der Waals surface area contributed by atoms with Gasteiger partial charge in [-0.3, -0.25) is 48.9 Å². The van der Waals surface area contributed by atoms with E-state index in [0.717, 1.165) is 85.0 Å². The van der Waals surface area contributed by atoms with Gasteiger partial charge >= 0.3 is 0 Å². The Kier molecular flexibility index (Phi) is 12.8. The van der Waals surface area contributed by atoms with E-state index in [1.165, 1.54) is 6.20 Å². The molecule has 0 spiro atoms. The molecule has 0 aliphatic carbocycles. The summed E-state index contributed by atoms with van der Waals surface area (Å²) in [5, 5.41) is 17.7. The second-order valence-electron chi connectivity index (χ2n) is 17.5. The fourth-order valence-corrected chi connectivity index (χ4v) is 10.6. The van der Waals surface area contributed by atoms with Crippen LogP contribution in [-0.2, 0) is 21.2 Å². The topological polar surface area (TPSA) is 213 Å². The van der Waals surface area contributed by atoms with Gasteiger partial charge in [0.1, 0.15) is 23.7 Å². The Labute approximate surface area is 392 Å². The van der Waals surface area contributed by atoms with Crippen molar-refractivity contribution in [1.29, 1.82) is 0 Å². The lowest BCUT2D eigenvalue weighted by molar-refractivity contribution is -0.136. The van der Waals surface area contributed by atoms with Crippen molar-refractivity contribution in [1.82, 2.24) is 44.8 Å². The van der Waals surface area contributed by atoms with E-state index in [1.807, 2.05) is 31.6 Å². The molecule has 1 unspecified atom stereocenters. The molecule has 3 aliphatic heterocycles. The van der Waals surface area contributed by atoms with Crippen LogP contribution in [0.4, 0.5) is 34.5 Å². The van der Waals surface area contributed by atoms with Gasteiger partial charge in [-0.2, -0.15) is 10.1 Å². The number of piperidine rings is 1. The summed E-state index contributed by atoms with van der Waals surface area (Å²) in [6.07, 6.45) is 11.7. The van der Waals surface area contributed by atoms with Crippen LogP contribution in [0, 0.1) is 6.92 Å². The number of unbranched alkanes of at least 4 members (excludes halogenated alkanes) is 2. The minimum absolute atomic E-state index is 0.0757. The highest BCUT2D eigenvalue weighted by Crippen LogP contribution is 2.42. The molecule has 3 aliphatic rings.